The minimum atomic E-state index is 0.932. The van der Waals surface area contributed by atoms with E-state index >= 15 is 0 Å². The van der Waals surface area contributed by atoms with Gasteiger partial charge in [0.25, 0.3) is 0 Å². The largest absolute Gasteiger partial charge is 0.355 e. The maximum absolute atomic E-state index is 4.59. The Morgan fingerprint density at radius 1 is 0.962 bits per heavy atom. The molecule has 4 heterocycles. The zero-order valence-electron chi connectivity index (χ0n) is 14.1. The van der Waals surface area contributed by atoms with Crippen molar-refractivity contribution in [1.82, 2.24) is 30.2 Å². The standard InChI is InChI=1S/C18H17N7S/c1-2-8-24(9-3-1)18-17-16(19-11-20-18)15(10-26-17)13-4-6-14(7-5-13)25-12-21-22-23-25/h4-7,10-12H,1-3,8-9H2. The van der Waals surface area contributed by atoms with Gasteiger partial charge in [-0.25, -0.2) is 14.6 Å². The number of aromatic nitrogens is 6. The van der Waals surface area contributed by atoms with Crippen LogP contribution in [-0.2, 0) is 0 Å². The second-order valence-electron chi connectivity index (χ2n) is 6.37. The Kier molecular flexibility index (Phi) is 3.82. The van der Waals surface area contributed by atoms with Gasteiger partial charge in [0.2, 0.25) is 0 Å². The van der Waals surface area contributed by atoms with Crippen LogP contribution in [0.1, 0.15) is 19.3 Å². The van der Waals surface area contributed by atoms with Crippen LogP contribution in [-0.4, -0.2) is 43.3 Å². The van der Waals surface area contributed by atoms with E-state index in [-0.39, 0.29) is 0 Å². The fourth-order valence-electron chi connectivity index (χ4n) is 3.45. The summed E-state index contributed by atoms with van der Waals surface area (Å²) < 4.78 is 2.82. The lowest BCUT2D eigenvalue weighted by Crippen LogP contribution is -2.30. The minimum Gasteiger partial charge on any atom is -0.355 e. The number of thiophene rings is 1. The van der Waals surface area contributed by atoms with E-state index in [1.807, 2.05) is 12.1 Å². The van der Waals surface area contributed by atoms with Gasteiger partial charge in [-0.05, 0) is 47.4 Å². The van der Waals surface area contributed by atoms with Crippen LogP contribution in [0.3, 0.4) is 0 Å². The second-order valence-corrected chi connectivity index (χ2v) is 7.25. The molecule has 0 radical (unpaired) electrons. The normalized spacial score (nSPS) is 14.8. The van der Waals surface area contributed by atoms with Crippen molar-refractivity contribution >= 4 is 27.4 Å². The Morgan fingerprint density at radius 2 is 1.81 bits per heavy atom. The maximum Gasteiger partial charge on any atom is 0.150 e. The molecule has 3 aromatic heterocycles. The molecular formula is C18H17N7S. The monoisotopic (exact) mass is 363 g/mol. The summed E-state index contributed by atoms with van der Waals surface area (Å²) in [6.07, 6.45) is 7.07. The lowest BCUT2D eigenvalue weighted by molar-refractivity contribution is 0.575. The van der Waals surface area contributed by atoms with E-state index < -0.39 is 0 Å². The Morgan fingerprint density at radius 3 is 2.58 bits per heavy atom. The molecule has 8 heteroatoms. The van der Waals surface area contributed by atoms with Crippen LogP contribution in [0.5, 0.6) is 0 Å². The highest BCUT2D eigenvalue weighted by Crippen LogP contribution is 2.37. The summed E-state index contributed by atoms with van der Waals surface area (Å²) in [5, 5.41) is 13.5. The quantitative estimate of drug-likeness (QED) is 0.556. The van der Waals surface area contributed by atoms with Crippen LogP contribution in [0, 0.1) is 0 Å². The van der Waals surface area contributed by atoms with E-state index in [4.69, 9.17) is 0 Å². The average Bonchev–Trinajstić information content (AvgIpc) is 3.39. The Labute approximate surface area is 154 Å². The molecule has 0 atom stereocenters. The molecule has 0 N–H and O–H groups in total. The molecule has 7 nitrogen and oxygen atoms in total. The molecule has 1 aromatic carbocycles. The fourth-order valence-corrected chi connectivity index (χ4v) is 4.49. The first kappa shape index (κ1) is 15.4. The van der Waals surface area contributed by atoms with Crippen LogP contribution in [0.4, 0.5) is 5.82 Å². The summed E-state index contributed by atoms with van der Waals surface area (Å²) in [5.41, 5.74) is 4.24. The molecule has 5 rings (SSSR count). The molecule has 0 spiro atoms. The van der Waals surface area contributed by atoms with Gasteiger partial charge in [-0.3, -0.25) is 0 Å². The third-order valence-corrected chi connectivity index (χ3v) is 5.75. The molecular weight excluding hydrogens is 346 g/mol. The average molecular weight is 363 g/mol. The van der Waals surface area contributed by atoms with Crippen LogP contribution < -0.4 is 4.90 Å². The summed E-state index contributed by atoms with van der Waals surface area (Å²) >= 11 is 1.73. The molecule has 130 valence electrons. The van der Waals surface area contributed by atoms with Gasteiger partial charge >= 0.3 is 0 Å². The molecule has 26 heavy (non-hydrogen) atoms. The Bertz CT molecular complexity index is 1020. The molecule has 1 fully saturated rings. The predicted molar refractivity (Wildman–Crippen MR) is 102 cm³/mol. The zero-order chi connectivity index (χ0) is 17.3. The van der Waals surface area contributed by atoms with Crippen molar-refractivity contribution < 1.29 is 0 Å². The summed E-state index contributed by atoms with van der Waals surface area (Å²) in [6.45, 7) is 2.17. The van der Waals surface area contributed by atoms with Gasteiger partial charge < -0.3 is 4.90 Å². The molecule has 0 unspecified atom stereocenters. The van der Waals surface area contributed by atoms with Gasteiger partial charge in [0.1, 0.15) is 18.5 Å². The lowest BCUT2D eigenvalue weighted by atomic mass is 10.1. The van der Waals surface area contributed by atoms with Crippen LogP contribution in [0.2, 0.25) is 0 Å². The highest BCUT2D eigenvalue weighted by atomic mass is 32.1. The van der Waals surface area contributed by atoms with Gasteiger partial charge in [-0.1, -0.05) is 12.1 Å². The number of nitrogens with zero attached hydrogens (tertiary/aromatic N) is 7. The fraction of sp³-hybridized carbons (Fsp3) is 0.278. The Balaban J connectivity index is 1.53. The number of benzene rings is 1. The maximum atomic E-state index is 4.59. The third-order valence-electron chi connectivity index (χ3n) is 4.78. The summed E-state index contributed by atoms with van der Waals surface area (Å²) in [4.78, 5) is 11.6. The molecule has 4 aromatic rings. The van der Waals surface area contributed by atoms with Gasteiger partial charge in [0.15, 0.2) is 0 Å². The van der Waals surface area contributed by atoms with E-state index in [1.165, 1.54) is 24.0 Å². The number of piperidine rings is 1. The zero-order valence-corrected chi connectivity index (χ0v) is 14.9. The Hall–Kier alpha value is -2.87. The van der Waals surface area contributed by atoms with Gasteiger partial charge in [-0.15, -0.1) is 16.4 Å². The first-order valence-electron chi connectivity index (χ1n) is 8.71. The summed E-state index contributed by atoms with van der Waals surface area (Å²) in [6, 6.07) is 8.20. The highest BCUT2D eigenvalue weighted by Gasteiger charge is 2.18. The van der Waals surface area contributed by atoms with E-state index in [1.54, 1.807) is 28.7 Å². The molecule has 0 bridgehead atoms. The predicted octanol–water partition coefficient (Wildman–Crippen LogP) is 3.32. The van der Waals surface area contributed by atoms with E-state index in [9.17, 15) is 0 Å². The van der Waals surface area contributed by atoms with Crippen molar-refractivity contribution in [3.8, 4) is 16.8 Å². The number of rotatable bonds is 3. The first-order chi connectivity index (χ1) is 12.9. The van der Waals surface area contributed by atoms with Gasteiger partial charge in [0, 0.05) is 24.0 Å². The number of hydrogen-bond acceptors (Lipinski definition) is 7. The van der Waals surface area contributed by atoms with E-state index in [0.717, 1.165) is 41.2 Å². The summed E-state index contributed by atoms with van der Waals surface area (Å²) in [7, 11) is 0. The minimum absolute atomic E-state index is 0.932. The second kappa shape index (κ2) is 6.45. The third kappa shape index (κ3) is 2.62. The number of anilines is 1. The SMILES string of the molecule is c1nc(N2CCCCC2)c2scc(-c3ccc(-n4cnnn4)cc3)c2n1. The summed E-state index contributed by atoms with van der Waals surface area (Å²) in [5.74, 6) is 1.08. The smallest absolute Gasteiger partial charge is 0.150 e. The lowest BCUT2D eigenvalue weighted by Gasteiger charge is -2.27. The van der Waals surface area contributed by atoms with Crippen molar-refractivity contribution in [2.45, 2.75) is 19.3 Å². The van der Waals surface area contributed by atoms with E-state index in [0.29, 0.717) is 0 Å². The van der Waals surface area contributed by atoms with Gasteiger partial charge in [0.05, 0.1) is 15.9 Å². The molecule has 1 aliphatic rings. The van der Waals surface area contributed by atoms with E-state index in [2.05, 4.69) is 47.9 Å². The number of hydrogen-bond donors (Lipinski definition) is 0. The van der Waals surface area contributed by atoms with Crippen molar-refractivity contribution in [2.24, 2.45) is 0 Å². The highest BCUT2D eigenvalue weighted by molar-refractivity contribution is 7.18. The number of fused-ring (bicyclic) bond motifs is 1. The van der Waals surface area contributed by atoms with Crippen LogP contribution in [0.15, 0.2) is 42.3 Å². The molecule has 0 saturated carbocycles. The van der Waals surface area contributed by atoms with Crippen molar-refractivity contribution in [3.63, 3.8) is 0 Å². The van der Waals surface area contributed by atoms with Crippen LogP contribution >= 0.6 is 11.3 Å². The first-order valence-corrected chi connectivity index (χ1v) is 9.59. The van der Waals surface area contributed by atoms with Crippen LogP contribution in [0.25, 0.3) is 27.0 Å². The van der Waals surface area contributed by atoms with Crippen molar-refractivity contribution in [1.29, 1.82) is 0 Å². The van der Waals surface area contributed by atoms with Crippen molar-refractivity contribution in [2.75, 3.05) is 18.0 Å². The molecule has 0 aliphatic carbocycles. The molecule has 1 saturated heterocycles. The number of tetrazole rings is 1. The van der Waals surface area contributed by atoms with Crippen molar-refractivity contribution in [3.05, 3.63) is 42.3 Å². The molecule has 0 amide bonds. The molecule has 1 aliphatic heterocycles. The van der Waals surface area contributed by atoms with Gasteiger partial charge in [-0.2, -0.15) is 0 Å². The topological polar surface area (TPSA) is 72.6 Å².